The van der Waals surface area contributed by atoms with E-state index in [0.29, 0.717) is 31.3 Å². The van der Waals surface area contributed by atoms with Crippen molar-refractivity contribution in [2.24, 2.45) is 5.84 Å². The molecule has 0 radical (unpaired) electrons. The first kappa shape index (κ1) is 28.2. The molecule has 0 saturated carbocycles. The number of aryl methyl sites for hydroxylation is 2. The Morgan fingerprint density at radius 3 is 1.84 bits per heavy atom. The molecule has 4 rings (SSSR count). The molecule has 2 aromatic carbocycles. The summed E-state index contributed by atoms with van der Waals surface area (Å²) in [5, 5.41) is 8.27. The Labute approximate surface area is 230 Å². The van der Waals surface area contributed by atoms with E-state index in [1.165, 1.54) is 0 Å². The number of rotatable bonds is 7. The third-order valence-electron chi connectivity index (χ3n) is 4.95. The summed E-state index contributed by atoms with van der Waals surface area (Å²) in [4.78, 5) is 31.0. The average molecular weight is 634 g/mol. The zero-order chi connectivity index (χ0) is 26.9. The van der Waals surface area contributed by atoms with E-state index in [2.05, 4.69) is 52.0 Å². The van der Waals surface area contributed by atoms with Crippen molar-refractivity contribution in [2.45, 2.75) is 33.9 Å². The second kappa shape index (κ2) is 13.2. The van der Waals surface area contributed by atoms with Gasteiger partial charge in [-0.1, -0.05) is 56.1 Å². The number of hydrogen-bond acceptors (Lipinski definition) is 8. The molecule has 1 amide bonds. The number of ether oxygens (including phenoxy) is 1. The molecule has 194 valence electrons. The number of nitrogens with two attached hydrogens (primary N) is 1. The van der Waals surface area contributed by atoms with Gasteiger partial charge in [0.2, 0.25) is 5.82 Å². The van der Waals surface area contributed by atoms with E-state index in [-0.39, 0.29) is 11.6 Å². The maximum Gasteiger partial charge on any atom is 0.378 e. The first-order valence-electron chi connectivity index (χ1n) is 11.2. The van der Waals surface area contributed by atoms with Crippen molar-refractivity contribution in [1.82, 2.24) is 35.0 Å². The van der Waals surface area contributed by atoms with E-state index >= 15 is 0 Å². The highest BCUT2D eigenvalue weighted by Crippen LogP contribution is 2.14. The molecule has 0 fully saturated rings. The molecule has 13 heteroatoms. The molecule has 4 aromatic rings. The molecule has 0 saturated heterocycles. The second-order valence-corrected chi connectivity index (χ2v) is 9.57. The monoisotopic (exact) mass is 632 g/mol. The predicted molar refractivity (Wildman–Crippen MR) is 144 cm³/mol. The fourth-order valence-corrected chi connectivity index (χ4v) is 4.09. The molecule has 0 aliphatic heterocycles. The van der Waals surface area contributed by atoms with Crippen LogP contribution in [0.4, 0.5) is 0 Å². The lowest BCUT2D eigenvalue weighted by atomic mass is 10.2. The van der Waals surface area contributed by atoms with Crippen molar-refractivity contribution >= 4 is 43.7 Å². The van der Waals surface area contributed by atoms with E-state index in [1.807, 2.05) is 60.9 Å². The summed E-state index contributed by atoms with van der Waals surface area (Å²) >= 11 is 6.83. The molecule has 0 atom stereocenters. The fraction of sp³-hybridized carbons (Fsp3) is 0.250. The van der Waals surface area contributed by atoms with Gasteiger partial charge in [0.15, 0.2) is 0 Å². The van der Waals surface area contributed by atoms with Crippen molar-refractivity contribution in [2.75, 3.05) is 6.61 Å². The summed E-state index contributed by atoms with van der Waals surface area (Å²) < 4.78 is 10.2. The number of hydrogen-bond donors (Lipinski definition) is 2. The van der Waals surface area contributed by atoms with Crippen LogP contribution in [0.1, 0.15) is 50.9 Å². The number of esters is 1. The maximum atomic E-state index is 11.5. The first-order valence-corrected chi connectivity index (χ1v) is 12.8. The van der Waals surface area contributed by atoms with Crippen molar-refractivity contribution < 1.29 is 14.3 Å². The molecular formula is C24H26Br2N8O3. The third-order valence-corrected chi connectivity index (χ3v) is 5.93. The van der Waals surface area contributed by atoms with E-state index in [1.54, 1.807) is 23.2 Å². The van der Waals surface area contributed by atoms with E-state index < -0.39 is 11.9 Å². The second-order valence-electron chi connectivity index (χ2n) is 7.73. The summed E-state index contributed by atoms with van der Waals surface area (Å²) in [6.07, 6.45) is 0. The summed E-state index contributed by atoms with van der Waals surface area (Å²) in [7, 11) is 0. The number of benzene rings is 2. The Morgan fingerprint density at radius 1 is 0.892 bits per heavy atom. The quantitative estimate of drug-likeness (QED) is 0.136. The standard InChI is InChI=1S/C13H14BrN3O2.C11H12BrN5O/c1-3-19-13(18)12-15-9(2)17(16-12)8-10-5-4-6-11(14)7-10;1-7-14-10(11(18)15-13)16-17(7)6-8-3-2-4-9(12)5-8/h4-7H,3,8H2,1-2H3;2-5H,6,13H2,1H3,(H,15,18). The molecule has 0 bridgehead atoms. The van der Waals surface area contributed by atoms with Crippen LogP contribution >= 0.6 is 31.9 Å². The number of carbonyl (C=O) groups excluding carboxylic acids is 2. The van der Waals surface area contributed by atoms with Gasteiger partial charge < -0.3 is 4.74 Å². The Balaban J connectivity index is 0.000000206. The summed E-state index contributed by atoms with van der Waals surface area (Å²) in [5.74, 6) is 5.58. The van der Waals surface area contributed by atoms with Gasteiger partial charge in [0.25, 0.3) is 5.82 Å². The molecule has 3 N–H and O–H groups in total. The van der Waals surface area contributed by atoms with Gasteiger partial charge in [0, 0.05) is 8.95 Å². The molecule has 37 heavy (non-hydrogen) atoms. The van der Waals surface area contributed by atoms with Crippen LogP contribution in [0.15, 0.2) is 57.5 Å². The first-order chi connectivity index (χ1) is 17.7. The van der Waals surface area contributed by atoms with Crippen LogP contribution in [0, 0.1) is 13.8 Å². The van der Waals surface area contributed by atoms with Crippen molar-refractivity contribution in [3.8, 4) is 0 Å². The molecule has 0 aliphatic rings. The number of nitrogens with zero attached hydrogens (tertiary/aromatic N) is 6. The Morgan fingerprint density at radius 2 is 1.38 bits per heavy atom. The van der Waals surface area contributed by atoms with Gasteiger partial charge in [-0.25, -0.2) is 30.0 Å². The van der Waals surface area contributed by atoms with Gasteiger partial charge >= 0.3 is 11.9 Å². The molecule has 2 aromatic heterocycles. The number of aromatic nitrogens is 6. The van der Waals surface area contributed by atoms with Gasteiger partial charge in [0.05, 0.1) is 19.7 Å². The number of carbonyl (C=O) groups is 2. The van der Waals surface area contributed by atoms with Gasteiger partial charge in [-0.15, -0.1) is 10.2 Å². The lowest BCUT2D eigenvalue weighted by Gasteiger charge is -2.03. The van der Waals surface area contributed by atoms with E-state index in [0.717, 1.165) is 20.1 Å². The smallest absolute Gasteiger partial charge is 0.378 e. The van der Waals surface area contributed by atoms with Crippen LogP contribution in [0.5, 0.6) is 0 Å². The number of hydrazine groups is 1. The summed E-state index contributed by atoms with van der Waals surface area (Å²) in [5.41, 5.74) is 4.16. The Kier molecular flexibility index (Phi) is 10.1. The van der Waals surface area contributed by atoms with Gasteiger partial charge in [-0.3, -0.25) is 10.2 Å². The fourth-order valence-electron chi connectivity index (χ4n) is 3.20. The highest BCUT2D eigenvalue weighted by Gasteiger charge is 2.15. The number of halogens is 2. The summed E-state index contributed by atoms with van der Waals surface area (Å²) in [6.45, 7) is 6.79. The predicted octanol–water partition coefficient (Wildman–Crippen LogP) is 3.57. The van der Waals surface area contributed by atoms with E-state index in [9.17, 15) is 9.59 Å². The van der Waals surface area contributed by atoms with Crippen molar-refractivity contribution in [3.63, 3.8) is 0 Å². The molecule has 2 heterocycles. The van der Waals surface area contributed by atoms with Gasteiger partial charge in [0.1, 0.15) is 11.6 Å². The lowest BCUT2D eigenvalue weighted by Crippen LogP contribution is -2.31. The molecule has 0 spiro atoms. The van der Waals surface area contributed by atoms with E-state index in [4.69, 9.17) is 10.6 Å². The minimum atomic E-state index is -0.494. The zero-order valence-electron chi connectivity index (χ0n) is 20.5. The number of nitrogens with one attached hydrogen (secondary N) is 1. The van der Waals surface area contributed by atoms with Crippen LogP contribution in [0.2, 0.25) is 0 Å². The molecule has 0 unspecified atom stereocenters. The third kappa shape index (κ3) is 8.03. The summed E-state index contributed by atoms with van der Waals surface area (Å²) in [6, 6.07) is 15.8. The molecule has 0 aliphatic carbocycles. The van der Waals surface area contributed by atoms with Crippen molar-refractivity contribution in [1.29, 1.82) is 0 Å². The minimum Gasteiger partial charge on any atom is -0.460 e. The van der Waals surface area contributed by atoms with Crippen molar-refractivity contribution in [3.05, 3.63) is 91.9 Å². The Bertz CT molecular complexity index is 1390. The zero-order valence-corrected chi connectivity index (χ0v) is 23.7. The van der Waals surface area contributed by atoms with Gasteiger partial charge in [-0.05, 0) is 56.2 Å². The number of nitrogen functional groups attached to an aromatic ring is 1. The highest BCUT2D eigenvalue weighted by molar-refractivity contribution is 9.10. The van der Waals surface area contributed by atoms with Crippen LogP contribution in [0.3, 0.4) is 0 Å². The SMILES string of the molecule is CCOC(=O)c1nc(C)n(Cc2cccc(Br)c2)n1.Cc1nc(C(=O)NN)nn1Cc1cccc(Br)c1. The maximum absolute atomic E-state index is 11.5. The van der Waals surface area contributed by atoms with Crippen LogP contribution in [-0.2, 0) is 17.8 Å². The molecule has 11 nitrogen and oxygen atoms in total. The highest BCUT2D eigenvalue weighted by atomic mass is 79.9. The normalized spacial score (nSPS) is 10.4. The van der Waals surface area contributed by atoms with Crippen LogP contribution < -0.4 is 11.3 Å². The van der Waals surface area contributed by atoms with Crippen LogP contribution in [-0.4, -0.2) is 48.0 Å². The molecular weight excluding hydrogens is 608 g/mol. The largest absolute Gasteiger partial charge is 0.460 e. The Hall–Kier alpha value is -3.42. The minimum absolute atomic E-state index is 0.0741. The number of amides is 1. The topological polar surface area (TPSA) is 143 Å². The van der Waals surface area contributed by atoms with Crippen LogP contribution in [0.25, 0.3) is 0 Å². The average Bonchev–Trinajstić information content (AvgIpc) is 3.41. The van der Waals surface area contributed by atoms with Gasteiger partial charge in [-0.2, -0.15) is 0 Å². The lowest BCUT2D eigenvalue weighted by molar-refractivity contribution is 0.0511.